The second kappa shape index (κ2) is 10.6. The van der Waals surface area contributed by atoms with E-state index < -0.39 is 0 Å². The maximum atomic E-state index is 13.0. The van der Waals surface area contributed by atoms with Gasteiger partial charge in [-0.2, -0.15) is 0 Å². The Bertz CT molecular complexity index is 654. The number of methoxy groups -OCH3 is 1. The first-order valence-electron chi connectivity index (χ1n) is 12.2. The summed E-state index contributed by atoms with van der Waals surface area (Å²) in [6.07, 6.45) is 3.10. The molecule has 0 radical (unpaired) electrons. The number of carbonyl (C=O) groups is 2. The summed E-state index contributed by atoms with van der Waals surface area (Å²) in [4.78, 5) is 29.3. The minimum Gasteiger partial charge on any atom is -0.445 e. The van der Waals surface area contributed by atoms with Gasteiger partial charge in [0, 0.05) is 57.6 Å². The number of hydrogen-bond donors (Lipinski definition) is 1. The highest BCUT2D eigenvalue weighted by atomic mass is 16.7. The van der Waals surface area contributed by atoms with Crippen LogP contribution in [0, 0.1) is 23.7 Å². The Labute approximate surface area is 191 Å². The van der Waals surface area contributed by atoms with Crippen molar-refractivity contribution in [1.29, 1.82) is 0 Å². The summed E-state index contributed by atoms with van der Waals surface area (Å²) >= 11 is 0. The summed E-state index contributed by atoms with van der Waals surface area (Å²) in [6.45, 7) is 8.71. The van der Waals surface area contributed by atoms with Gasteiger partial charge < -0.3 is 34.1 Å². The quantitative estimate of drug-likeness (QED) is 0.568. The van der Waals surface area contributed by atoms with E-state index in [2.05, 4.69) is 19.2 Å². The van der Waals surface area contributed by atoms with Crippen LogP contribution in [0.2, 0.25) is 0 Å². The average molecular weight is 454 g/mol. The van der Waals surface area contributed by atoms with Crippen LogP contribution in [0.5, 0.6) is 0 Å². The lowest BCUT2D eigenvalue weighted by atomic mass is 9.98. The number of hydrogen-bond acceptors (Lipinski definition) is 6. The van der Waals surface area contributed by atoms with Gasteiger partial charge in [0.05, 0.1) is 19.3 Å². The van der Waals surface area contributed by atoms with Gasteiger partial charge in [0.2, 0.25) is 0 Å². The molecule has 5 unspecified atom stereocenters. The zero-order chi connectivity index (χ0) is 22.7. The van der Waals surface area contributed by atoms with Crippen molar-refractivity contribution in [3.63, 3.8) is 0 Å². The highest BCUT2D eigenvalue weighted by Crippen LogP contribution is 2.49. The topological polar surface area (TPSA) is 89.6 Å². The lowest BCUT2D eigenvalue weighted by Gasteiger charge is -2.36. The lowest BCUT2D eigenvalue weighted by molar-refractivity contribution is -0.169. The fraction of sp³-hybridized carbons (Fsp3) is 0.913. The average Bonchev–Trinajstić information content (AvgIpc) is 3.32. The molecule has 3 heterocycles. The third kappa shape index (κ3) is 5.31. The number of alkyl carbamates (subject to hydrolysis) is 1. The van der Waals surface area contributed by atoms with Crippen LogP contribution >= 0.6 is 0 Å². The van der Waals surface area contributed by atoms with Crippen LogP contribution in [0.25, 0.3) is 0 Å². The number of carbonyl (C=O) groups excluding carboxylic acids is 2. The van der Waals surface area contributed by atoms with Crippen LogP contribution in [0.4, 0.5) is 9.59 Å². The monoisotopic (exact) mass is 453 g/mol. The van der Waals surface area contributed by atoms with Gasteiger partial charge in [-0.25, -0.2) is 9.59 Å². The van der Waals surface area contributed by atoms with Crippen molar-refractivity contribution < 1.29 is 28.5 Å². The van der Waals surface area contributed by atoms with Crippen molar-refractivity contribution in [3.05, 3.63) is 0 Å². The maximum Gasteiger partial charge on any atom is 0.407 e. The summed E-state index contributed by atoms with van der Waals surface area (Å²) in [5.41, 5.74) is 0. The van der Waals surface area contributed by atoms with Gasteiger partial charge in [0.1, 0.15) is 6.10 Å². The predicted octanol–water partition coefficient (Wildman–Crippen LogP) is 2.30. The second-order valence-electron chi connectivity index (χ2n) is 10.1. The van der Waals surface area contributed by atoms with Crippen LogP contribution in [-0.4, -0.2) is 93.5 Å². The van der Waals surface area contributed by atoms with Gasteiger partial charge in [-0.15, -0.1) is 0 Å². The number of amides is 3. The smallest absolute Gasteiger partial charge is 0.407 e. The van der Waals surface area contributed by atoms with Crippen molar-refractivity contribution in [3.8, 4) is 0 Å². The van der Waals surface area contributed by atoms with Crippen LogP contribution in [0.15, 0.2) is 0 Å². The molecular formula is C23H39N3O6. The Hall–Kier alpha value is -1.58. The fourth-order valence-electron chi connectivity index (χ4n) is 5.66. The van der Waals surface area contributed by atoms with E-state index in [1.54, 1.807) is 7.11 Å². The molecular weight excluding hydrogens is 414 g/mol. The summed E-state index contributed by atoms with van der Waals surface area (Å²) in [7, 11) is 1.73. The van der Waals surface area contributed by atoms with E-state index in [1.165, 1.54) is 0 Å². The minimum absolute atomic E-state index is 0.0878. The van der Waals surface area contributed by atoms with E-state index in [-0.39, 0.29) is 42.5 Å². The van der Waals surface area contributed by atoms with E-state index in [9.17, 15) is 9.59 Å². The van der Waals surface area contributed by atoms with Gasteiger partial charge in [-0.3, -0.25) is 0 Å². The van der Waals surface area contributed by atoms with E-state index in [0.29, 0.717) is 51.1 Å². The first-order valence-corrected chi connectivity index (χ1v) is 12.2. The van der Waals surface area contributed by atoms with E-state index in [0.717, 1.165) is 32.4 Å². The highest BCUT2D eigenvalue weighted by Gasteiger charge is 2.56. The molecule has 32 heavy (non-hydrogen) atoms. The largest absolute Gasteiger partial charge is 0.445 e. The minimum atomic E-state index is -0.380. The number of rotatable bonds is 8. The molecule has 2 bridgehead atoms. The molecule has 0 spiro atoms. The Morgan fingerprint density at radius 2 is 1.91 bits per heavy atom. The zero-order valence-electron chi connectivity index (χ0n) is 19.7. The Balaban J connectivity index is 1.19. The first kappa shape index (κ1) is 23.6. The molecule has 9 heteroatoms. The van der Waals surface area contributed by atoms with Gasteiger partial charge in [0.15, 0.2) is 6.29 Å². The lowest BCUT2D eigenvalue weighted by Crippen LogP contribution is -2.49. The number of piperidine rings is 1. The molecule has 182 valence electrons. The molecule has 3 saturated heterocycles. The third-order valence-electron chi connectivity index (χ3n) is 7.31. The zero-order valence-corrected chi connectivity index (χ0v) is 19.7. The van der Waals surface area contributed by atoms with Gasteiger partial charge in [0.25, 0.3) is 0 Å². The molecule has 0 aromatic rings. The SMILES string of the molecule is COC1CCN(C(=O)N(CCCNC(=O)OC2C3COC4OCC2C4C3)CC(C)C)CC1. The van der Waals surface area contributed by atoms with Crippen molar-refractivity contribution in [2.45, 2.75) is 58.0 Å². The molecule has 4 fully saturated rings. The summed E-state index contributed by atoms with van der Waals surface area (Å²) in [5.74, 6) is 1.27. The third-order valence-corrected chi connectivity index (χ3v) is 7.31. The maximum absolute atomic E-state index is 13.0. The molecule has 0 aromatic carbocycles. The highest BCUT2D eigenvalue weighted by molar-refractivity contribution is 5.74. The Morgan fingerprint density at radius 1 is 1.16 bits per heavy atom. The Morgan fingerprint density at radius 3 is 2.62 bits per heavy atom. The normalized spacial score (nSPS) is 31.8. The van der Waals surface area contributed by atoms with Crippen molar-refractivity contribution in [2.75, 3.05) is 53.0 Å². The van der Waals surface area contributed by atoms with E-state index in [4.69, 9.17) is 18.9 Å². The van der Waals surface area contributed by atoms with Crippen LogP contribution in [0.3, 0.4) is 0 Å². The van der Waals surface area contributed by atoms with Gasteiger partial charge in [-0.1, -0.05) is 13.8 Å². The fourth-order valence-corrected chi connectivity index (χ4v) is 5.66. The number of fused-ring (bicyclic) bond motifs is 1. The van der Waals surface area contributed by atoms with Crippen molar-refractivity contribution in [2.24, 2.45) is 23.7 Å². The van der Waals surface area contributed by atoms with Crippen LogP contribution in [0.1, 0.15) is 39.5 Å². The van der Waals surface area contributed by atoms with Gasteiger partial charge in [-0.05, 0) is 31.6 Å². The number of nitrogens with zero attached hydrogens (tertiary/aromatic N) is 2. The van der Waals surface area contributed by atoms with E-state index in [1.807, 2.05) is 9.80 Å². The second-order valence-corrected chi connectivity index (χ2v) is 10.1. The standard InChI is InChI=1S/C23H39N3O6/c1-15(2)12-26(23(28)25-9-5-17(29-3)6-10-25)8-4-7-24-22(27)32-20-16-11-18-19(20)14-31-21(18)30-13-16/h15-21H,4-14H2,1-3H3,(H,24,27). The number of ether oxygens (including phenoxy) is 4. The van der Waals surface area contributed by atoms with Gasteiger partial charge >= 0.3 is 12.1 Å². The van der Waals surface area contributed by atoms with Crippen LogP contribution < -0.4 is 5.32 Å². The summed E-state index contributed by atoms with van der Waals surface area (Å²) in [5, 5.41) is 2.88. The predicted molar refractivity (Wildman–Crippen MR) is 117 cm³/mol. The number of likely N-dealkylation sites (tertiary alicyclic amines) is 1. The molecule has 4 aliphatic rings. The molecule has 3 aliphatic heterocycles. The number of urea groups is 1. The van der Waals surface area contributed by atoms with Crippen molar-refractivity contribution in [1.82, 2.24) is 15.1 Å². The molecule has 0 aromatic heterocycles. The van der Waals surface area contributed by atoms with Crippen molar-refractivity contribution >= 4 is 12.1 Å². The summed E-state index contributed by atoms with van der Waals surface area (Å²) in [6, 6.07) is 0.0878. The molecule has 4 rings (SSSR count). The van der Waals surface area contributed by atoms with E-state index >= 15 is 0 Å². The molecule has 1 saturated carbocycles. The first-order chi connectivity index (χ1) is 15.5. The number of nitrogens with one attached hydrogen (secondary N) is 1. The molecule has 9 nitrogen and oxygen atoms in total. The molecule has 1 N–H and O–H groups in total. The van der Waals surface area contributed by atoms with Crippen LogP contribution in [-0.2, 0) is 18.9 Å². The molecule has 1 aliphatic carbocycles. The Kier molecular flexibility index (Phi) is 7.78. The molecule has 3 amide bonds. The summed E-state index contributed by atoms with van der Waals surface area (Å²) < 4.78 is 22.6. The molecule has 5 atom stereocenters.